The van der Waals surface area contributed by atoms with Gasteiger partial charge in [-0.25, -0.2) is 4.79 Å². The number of hydrogen-bond acceptors (Lipinski definition) is 5. The first kappa shape index (κ1) is 20.2. The summed E-state index contributed by atoms with van der Waals surface area (Å²) in [6, 6.07) is 17.1. The molecule has 0 saturated heterocycles. The van der Waals surface area contributed by atoms with E-state index in [0.717, 1.165) is 42.6 Å². The van der Waals surface area contributed by atoms with Crippen LogP contribution in [0.15, 0.2) is 54.6 Å². The van der Waals surface area contributed by atoms with E-state index in [1.54, 1.807) is 19.1 Å². The van der Waals surface area contributed by atoms with Gasteiger partial charge < -0.3 is 15.4 Å². The number of esters is 1. The highest BCUT2D eigenvalue weighted by Gasteiger charge is 2.27. The molecule has 0 saturated carbocycles. The Bertz CT molecular complexity index is 1060. The molecule has 0 unspecified atom stereocenters. The average Bonchev–Trinajstić information content (AvgIpc) is 3.12. The summed E-state index contributed by atoms with van der Waals surface area (Å²) >= 11 is 1.50. The van der Waals surface area contributed by atoms with Crippen LogP contribution in [0, 0.1) is 0 Å². The van der Waals surface area contributed by atoms with Crippen LogP contribution in [-0.2, 0) is 17.6 Å². The van der Waals surface area contributed by atoms with Crippen LogP contribution in [-0.4, -0.2) is 18.5 Å². The summed E-state index contributed by atoms with van der Waals surface area (Å²) in [6.45, 7) is 2.10. The molecule has 0 fully saturated rings. The van der Waals surface area contributed by atoms with Crippen LogP contribution in [0.2, 0.25) is 0 Å². The third-order valence-corrected chi connectivity index (χ3v) is 6.27. The summed E-state index contributed by atoms with van der Waals surface area (Å²) < 4.78 is 5.27. The lowest BCUT2D eigenvalue weighted by atomic mass is 9.95. The second-order valence-corrected chi connectivity index (χ2v) is 8.27. The van der Waals surface area contributed by atoms with E-state index in [1.165, 1.54) is 16.2 Å². The first-order valence-electron chi connectivity index (χ1n) is 10.2. The number of aryl methyl sites for hydroxylation is 1. The smallest absolute Gasteiger partial charge is 0.341 e. The number of ether oxygens (including phenoxy) is 1. The number of carbonyl (C=O) groups is 2. The Morgan fingerprint density at radius 2 is 1.77 bits per heavy atom. The van der Waals surface area contributed by atoms with Gasteiger partial charge in [-0.15, -0.1) is 11.3 Å². The molecule has 1 amide bonds. The number of hydrogen-bond donors (Lipinski definition) is 2. The molecule has 30 heavy (non-hydrogen) atoms. The van der Waals surface area contributed by atoms with E-state index in [1.807, 2.05) is 42.5 Å². The normalized spacial score (nSPS) is 12.7. The van der Waals surface area contributed by atoms with Gasteiger partial charge in [0.1, 0.15) is 5.00 Å². The van der Waals surface area contributed by atoms with Gasteiger partial charge in [-0.3, -0.25) is 4.79 Å². The molecule has 1 aromatic heterocycles. The van der Waals surface area contributed by atoms with Gasteiger partial charge in [-0.1, -0.05) is 24.3 Å². The molecule has 6 heteroatoms. The van der Waals surface area contributed by atoms with E-state index in [2.05, 4.69) is 10.6 Å². The van der Waals surface area contributed by atoms with Crippen molar-refractivity contribution in [3.8, 4) is 0 Å². The van der Waals surface area contributed by atoms with E-state index in [9.17, 15) is 9.59 Å². The van der Waals surface area contributed by atoms with Crippen molar-refractivity contribution in [2.24, 2.45) is 0 Å². The molecule has 2 aromatic carbocycles. The second-order valence-electron chi connectivity index (χ2n) is 7.16. The number of nitrogens with one attached hydrogen (secondary N) is 2. The number of benzene rings is 2. The fraction of sp³-hybridized carbons (Fsp3) is 0.250. The first-order valence-corrected chi connectivity index (χ1v) is 11.0. The van der Waals surface area contributed by atoms with Crippen LogP contribution in [0.1, 0.15) is 50.9 Å². The van der Waals surface area contributed by atoms with Gasteiger partial charge in [0.25, 0.3) is 5.91 Å². The highest BCUT2D eigenvalue weighted by Crippen LogP contribution is 2.38. The lowest BCUT2D eigenvalue weighted by molar-refractivity contribution is 0.0526. The minimum atomic E-state index is -0.355. The van der Waals surface area contributed by atoms with Crippen LogP contribution in [0.3, 0.4) is 0 Å². The number of anilines is 3. The van der Waals surface area contributed by atoms with Gasteiger partial charge in [0.2, 0.25) is 0 Å². The zero-order valence-corrected chi connectivity index (χ0v) is 17.7. The largest absolute Gasteiger partial charge is 0.462 e. The van der Waals surface area contributed by atoms with Crippen molar-refractivity contribution in [2.75, 3.05) is 17.2 Å². The minimum absolute atomic E-state index is 0.240. The zero-order chi connectivity index (χ0) is 20.9. The van der Waals surface area contributed by atoms with Crippen LogP contribution >= 0.6 is 11.3 Å². The summed E-state index contributed by atoms with van der Waals surface area (Å²) in [4.78, 5) is 26.8. The third kappa shape index (κ3) is 4.39. The minimum Gasteiger partial charge on any atom is -0.462 e. The van der Waals surface area contributed by atoms with E-state index in [-0.39, 0.29) is 11.9 Å². The molecule has 0 spiro atoms. The molecular formula is C24H24N2O3S. The zero-order valence-electron chi connectivity index (χ0n) is 16.9. The summed E-state index contributed by atoms with van der Waals surface area (Å²) in [5, 5.41) is 6.85. The quantitative estimate of drug-likeness (QED) is 0.495. The van der Waals surface area contributed by atoms with Gasteiger partial charge in [-0.05, 0) is 68.5 Å². The maximum absolute atomic E-state index is 13.0. The highest BCUT2D eigenvalue weighted by molar-refractivity contribution is 7.17. The maximum Gasteiger partial charge on any atom is 0.341 e. The second kappa shape index (κ2) is 9.13. The predicted octanol–water partition coefficient (Wildman–Crippen LogP) is 5.80. The molecule has 1 aliphatic carbocycles. The summed E-state index contributed by atoms with van der Waals surface area (Å²) in [7, 11) is 0. The molecule has 2 N–H and O–H groups in total. The fourth-order valence-electron chi connectivity index (χ4n) is 3.67. The lowest BCUT2D eigenvalue weighted by Crippen LogP contribution is -2.16. The van der Waals surface area contributed by atoms with Crippen molar-refractivity contribution in [3.63, 3.8) is 0 Å². The molecule has 154 valence electrons. The Kier molecular flexibility index (Phi) is 6.14. The number of amides is 1. The van der Waals surface area contributed by atoms with Crippen molar-refractivity contribution in [1.82, 2.24) is 0 Å². The number of fused-ring (bicyclic) bond motifs is 1. The Hall–Kier alpha value is -3.12. The SMILES string of the molecule is CCOC(=O)c1c(NC(=O)c2cccc(Nc3ccccc3)c2)sc2c1CCCC2. The van der Waals surface area contributed by atoms with E-state index < -0.39 is 0 Å². The molecule has 0 radical (unpaired) electrons. The monoisotopic (exact) mass is 420 g/mol. The van der Waals surface area contributed by atoms with Gasteiger partial charge >= 0.3 is 5.97 Å². The number of rotatable bonds is 6. The Labute approximate surface area is 180 Å². The van der Waals surface area contributed by atoms with E-state index in [4.69, 9.17) is 4.74 Å². The number of carbonyl (C=O) groups excluding carboxylic acids is 2. The van der Waals surface area contributed by atoms with Crippen LogP contribution < -0.4 is 10.6 Å². The standard InChI is InChI=1S/C24H24N2O3S/c1-2-29-24(28)21-19-13-6-7-14-20(19)30-23(21)26-22(27)16-9-8-12-18(15-16)25-17-10-4-3-5-11-17/h3-5,8-12,15,25H,2,6-7,13-14H2,1H3,(H,26,27). The van der Waals surface area contributed by atoms with Gasteiger partial charge in [0.15, 0.2) is 0 Å². The van der Waals surface area contributed by atoms with E-state index >= 15 is 0 Å². The predicted molar refractivity (Wildman–Crippen MR) is 121 cm³/mol. The summed E-state index contributed by atoms with van der Waals surface area (Å²) in [6.07, 6.45) is 3.96. The van der Waals surface area contributed by atoms with Crippen molar-refractivity contribution in [2.45, 2.75) is 32.6 Å². The van der Waals surface area contributed by atoms with Crippen molar-refractivity contribution < 1.29 is 14.3 Å². The molecule has 5 nitrogen and oxygen atoms in total. The number of thiophene rings is 1. The highest BCUT2D eigenvalue weighted by atomic mass is 32.1. The number of para-hydroxylation sites is 1. The summed E-state index contributed by atoms with van der Waals surface area (Å²) in [5.74, 6) is -0.595. The Morgan fingerprint density at radius 3 is 2.57 bits per heavy atom. The van der Waals surface area contributed by atoms with Crippen molar-refractivity contribution in [3.05, 3.63) is 76.2 Å². The maximum atomic E-state index is 13.0. The lowest BCUT2D eigenvalue weighted by Gasteiger charge is -2.12. The molecular weight excluding hydrogens is 396 g/mol. The van der Waals surface area contributed by atoms with Crippen LogP contribution in [0.4, 0.5) is 16.4 Å². The van der Waals surface area contributed by atoms with Gasteiger partial charge in [-0.2, -0.15) is 0 Å². The van der Waals surface area contributed by atoms with Gasteiger partial charge in [0, 0.05) is 21.8 Å². The molecule has 3 aromatic rings. The van der Waals surface area contributed by atoms with Crippen molar-refractivity contribution in [1.29, 1.82) is 0 Å². The first-order chi connectivity index (χ1) is 14.7. The Balaban J connectivity index is 1.57. The molecule has 0 atom stereocenters. The fourth-order valence-corrected chi connectivity index (χ4v) is 4.95. The van der Waals surface area contributed by atoms with Gasteiger partial charge in [0.05, 0.1) is 12.2 Å². The van der Waals surface area contributed by atoms with Crippen LogP contribution in [0.25, 0.3) is 0 Å². The van der Waals surface area contributed by atoms with Crippen LogP contribution in [0.5, 0.6) is 0 Å². The molecule has 1 aliphatic rings. The third-order valence-electron chi connectivity index (χ3n) is 5.07. The molecule has 0 bridgehead atoms. The Morgan fingerprint density at radius 1 is 1.00 bits per heavy atom. The molecule has 1 heterocycles. The van der Waals surface area contributed by atoms with E-state index in [0.29, 0.717) is 22.7 Å². The summed E-state index contributed by atoms with van der Waals surface area (Å²) in [5.41, 5.74) is 3.87. The molecule has 0 aliphatic heterocycles. The molecule has 4 rings (SSSR count). The topological polar surface area (TPSA) is 67.4 Å². The average molecular weight is 421 g/mol. The van der Waals surface area contributed by atoms with Crippen molar-refractivity contribution >= 4 is 39.6 Å².